The summed E-state index contributed by atoms with van der Waals surface area (Å²) in [5.74, 6) is 0.182. The number of halogens is 2. The molecule has 0 spiro atoms. The minimum Gasteiger partial charge on any atom is -0.492 e. The van der Waals surface area contributed by atoms with Crippen LogP contribution >= 0.6 is 23.2 Å². The summed E-state index contributed by atoms with van der Waals surface area (Å²) in [4.78, 5) is 12.7. The third-order valence-corrected chi connectivity index (χ3v) is 6.03. The van der Waals surface area contributed by atoms with Crippen LogP contribution in [0.4, 0.5) is 5.69 Å². The summed E-state index contributed by atoms with van der Waals surface area (Å²) in [6.07, 6.45) is 1.36. The fourth-order valence-electron chi connectivity index (χ4n) is 2.80. The van der Waals surface area contributed by atoms with Crippen LogP contribution in [0.3, 0.4) is 0 Å². The Morgan fingerprint density at radius 3 is 2.52 bits per heavy atom. The minimum absolute atomic E-state index is 0.216. The van der Waals surface area contributed by atoms with Crippen molar-refractivity contribution in [1.82, 2.24) is 5.32 Å². The number of anilines is 1. The van der Waals surface area contributed by atoms with Crippen LogP contribution in [-0.2, 0) is 14.8 Å². The van der Waals surface area contributed by atoms with Gasteiger partial charge in [-0.05, 0) is 49.2 Å². The van der Waals surface area contributed by atoms with Crippen LogP contribution in [0.25, 0.3) is 0 Å². The molecule has 1 amide bonds. The maximum atomic E-state index is 12.7. The van der Waals surface area contributed by atoms with Gasteiger partial charge in [-0.25, -0.2) is 8.42 Å². The highest BCUT2D eigenvalue weighted by Gasteiger charge is 2.31. The average molecular weight is 459 g/mol. The molecule has 29 heavy (non-hydrogen) atoms. The van der Waals surface area contributed by atoms with E-state index in [0.29, 0.717) is 27.9 Å². The normalized spacial score (nSPS) is 12.3. The molecule has 158 valence electrons. The number of carbonyl (C=O) groups is 1. The second-order valence-electron chi connectivity index (χ2n) is 6.51. The molecule has 2 rings (SSSR count). The molecule has 0 saturated carbocycles. The van der Waals surface area contributed by atoms with E-state index in [1.54, 1.807) is 37.3 Å². The zero-order valence-electron chi connectivity index (χ0n) is 16.5. The van der Waals surface area contributed by atoms with Crippen LogP contribution < -0.4 is 14.4 Å². The molecule has 2 aromatic rings. The molecular weight excluding hydrogens is 435 g/mol. The van der Waals surface area contributed by atoms with Crippen molar-refractivity contribution in [3.05, 3.63) is 58.1 Å². The van der Waals surface area contributed by atoms with Gasteiger partial charge in [-0.15, -0.1) is 0 Å². The maximum Gasteiger partial charge on any atom is 0.244 e. The summed E-state index contributed by atoms with van der Waals surface area (Å²) in [7, 11) is -3.71. The molecule has 2 aromatic carbocycles. The highest BCUT2D eigenvalue weighted by Crippen LogP contribution is 2.25. The minimum atomic E-state index is -3.71. The topological polar surface area (TPSA) is 75.7 Å². The molecule has 1 atom stereocenters. The second-order valence-corrected chi connectivity index (χ2v) is 9.22. The van der Waals surface area contributed by atoms with Gasteiger partial charge in [0.05, 0.1) is 18.5 Å². The van der Waals surface area contributed by atoms with Crippen LogP contribution in [0.15, 0.2) is 42.5 Å². The summed E-state index contributed by atoms with van der Waals surface area (Å²) in [5, 5.41) is 3.72. The summed E-state index contributed by atoms with van der Waals surface area (Å²) in [6, 6.07) is 10.8. The van der Waals surface area contributed by atoms with E-state index in [4.69, 9.17) is 27.9 Å². The Morgan fingerprint density at radius 1 is 1.21 bits per heavy atom. The fourth-order valence-corrected chi connectivity index (χ4v) is 4.36. The molecule has 0 radical (unpaired) electrons. The van der Waals surface area contributed by atoms with Crippen LogP contribution in [0.1, 0.15) is 18.9 Å². The Balaban J connectivity index is 2.04. The molecule has 9 heteroatoms. The zero-order chi connectivity index (χ0) is 21.6. The van der Waals surface area contributed by atoms with Gasteiger partial charge in [-0.2, -0.15) is 0 Å². The lowest BCUT2D eigenvalue weighted by Gasteiger charge is -2.30. The molecule has 0 bridgehead atoms. The van der Waals surface area contributed by atoms with Crippen molar-refractivity contribution >= 4 is 44.8 Å². The summed E-state index contributed by atoms with van der Waals surface area (Å²) in [6.45, 7) is 4.08. The van der Waals surface area contributed by atoms with E-state index in [1.165, 1.54) is 6.07 Å². The first-order valence-electron chi connectivity index (χ1n) is 9.05. The Bertz CT molecular complexity index is 967. The maximum absolute atomic E-state index is 12.7. The van der Waals surface area contributed by atoms with Crippen molar-refractivity contribution in [2.75, 3.05) is 23.7 Å². The third kappa shape index (κ3) is 6.52. The predicted molar refractivity (Wildman–Crippen MR) is 118 cm³/mol. The van der Waals surface area contributed by atoms with Gasteiger partial charge in [0.1, 0.15) is 18.4 Å². The molecule has 0 fully saturated rings. The molecule has 0 aliphatic carbocycles. The van der Waals surface area contributed by atoms with Gasteiger partial charge in [0, 0.05) is 10.0 Å². The first kappa shape index (κ1) is 23.3. The van der Waals surface area contributed by atoms with Gasteiger partial charge in [0.25, 0.3) is 0 Å². The molecule has 0 heterocycles. The number of ether oxygens (including phenoxy) is 1. The van der Waals surface area contributed by atoms with Crippen molar-refractivity contribution in [2.24, 2.45) is 0 Å². The number of nitrogens with zero attached hydrogens (tertiary/aromatic N) is 1. The number of carbonyl (C=O) groups excluding carboxylic acids is 1. The van der Waals surface area contributed by atoms with E-state index in [1.807, 2.05) is 13.0 Å². The Kier molecular flexibility index (Phi) is 8.19. The molecule has 0 unspecified atom stereocenters. The van der Waals surface area contributed by atoms with E-state index in [2.05, 4.69) is 5.32 Å². The lowest BCUT2D eigenvalue weighted by atomic mass is 10.2. The number of rotatable bonds is 9. The van der Waals surface area contributed by atoms with Gasteiger partial charge in [0.15, 0.2) is 0 Å². The number of amides is 1. The molecule has 0 aliphatic rings. The monoisotopic (exact) mass is 458 g/mol. The molecule has 1 N–H and O–H groups in total. The molecular formula is C20H24Cl2N2O4S. The summed E-state index contributed by atoms with van der Waals surface area (Å²) in [5.41, 5.74) is 1.28. The number of nitrogens with one attached hydrogen (secondary N) is 1. The van der Waals surface area contributed by atoms with Crippen LogP contribution in [-0.4, -0.2) is 39.8 Å². The first-order chi connectivity index (χ1) is 13.6. The molecule has 0 aliphatic heterocycles. The Morgan fingerprint density at radius 2 is 1.93 bits per heavy atom. The van der Waals surface area contributed by atoms with Crippen molar-refractivity contribution in [3.8, 4) is 5.75 Å². The highest BCUT2D eigenvalue weighted by atomic mass is 35.5. The van der Waals surface area contributed by atoms with E-state index in [0.717, 1.165) is 16.1 Å². The number of benzene rings is 2. The molecule has 6 nitrogen and oxygen atoms in total. The average Bonchev–Trinajstić information content (AvgIpc) is 2.64. The quantitative estimate of drug-likeness (QED) is 0.575. The van der Waals surface area contributed by atoms with Gasteiger partial charge in [-0.1, -0.05) is 42.3 Å². The lowest BCUT2D eigenvalue weighted by Crippen LogP contribution is -2.50. The Labute approximate surface area is 181 Å². The van der Waals surface area contributed by atoms with Crippen LogP contribution in [0.2, 0.25) is 10.0 Å². The number of hydrogen-bond donors (Lipinski definition) is 1. The molecule has 0 aromatic heterocycles. The van der Waals surface area contributed by atoms with Crippen LogP contribution in [0, 0.1) is 6.92 Å². The number of aryl methyl sites for hydroxylation is 1. The van der Waals surface area contributed by atoms with Crippen molar-refractivity contribution < 1.29 is 17.9 Å². The summed E-state index contributed by atoms with van der Waals surface area (Å²) >= 11 is 12.1. The third-order valence-electron chi connectivity index (χ3n) is 4.21. The van der Waals surface area contributed by atoms with Gasteiger partial charge < -0.3 is 10.1 Å². The standard InChI is InChI=1S/C20H24Cl2N2O4S/c1-4-19(24(29(3,26)27)16-7-5-6-15(21)12-16)20(25)23-10-11-28-17-9-8-14(2)18(22)13-17/h5-9,12-13,19H,4,10-11H2,1-3H3,(H,23,25)/t19-/m1/s1. The Hall–Kier alpha value is -1.96. The number of sulfonamides is 1. The SMILES string of the molecule is CC[C@H](C(=O)NCCOc1ccc(C)c(Cl)c1)N(c1cccc(Cl)c1)S(C)(=O)=O. The first-order valence-corrected chi connectivity index (χ1v) is 11.7. The number of hydrogen-bond acceptors (Lipinski definition) is 4. The fraction of sp³-hybridized carbons (Fsp3) is 0.350. The summed E-state index contributed by atoms with van der Waals surface area (Å²) < 4.78 is 31.5. The smallest absolute Gasteiger partial charge is 0.244 e. The van der Waals surface area contributed by atoms with Crippen LogP contribution in [0.5, 0.6) is 5.75 Å². The van der Waals surface area contributed by atoms with E-state index in [-0.39, 0.29) is 13.2 Å². The highest BCUT2D eigenvalue weighted by molar-refractivity contribution is 7.92. The molecule has 0 saturated heterocycles. The lowest BCUT2D eigenvalue weighted by molar-refractivity contribution is -0.122. The largest absolute Gasteiger partial charge is 0.492 e. The van der Waals surface area contributed by atoms with Gasteiger partial charge >= 0.3 is 0 Å². The van der Waals surface area contributed by atoms with E-state index < -0.39 is 22.0 Å². The zero-order valence-corrected chi connectivity index (χ0v) is 18.8. The van der Waals surface area contributed by atoms with Gasteiger partial charge in [-0.3, -0.25) is 9.10 Å². The van der Waals surface area contributed by atoms with Gasteiger partial charge in [0.2, 0.25) is 15.9 Å². The van der Waals surface area contributed by atoms with E-state index in [9.17, 15) is 13.2 Å². The predicted octanol–water partition coefficient (Wildman–Crippen LogP) is 4.04. The van der Waals surface area contributed by atoms with Crippen molar-refractivity contribution in [3.63, 3.8) is 0 Å². The van der Waals surface area contributed by atoms with E-state index >= 15 is 0 Å². The van der Waals surface area contributed by atoms with Crippen molar-refractivity contribution in [2.45, 2.75) is 26.3 Å². The second kappa shape index (κ2) is 10.2. The van der Waals surface area contributed by atoms with Crippen molar-refractivity contribution in [1.29, 1.82) is 0 Å².